The van der Waals surface area contributed by atoms with E-state index in [4.69, 9.17) is 5.73 Å². The highest BCUT2D eigenvalue weighted by Crippen LogP contribution is 2.34. The second-order valence-corrected chi connectivity index (χ2v) is 7.36. The number of nitrogens with two attached hydrogens (primary N) is 1. The molecule has 3 N–H and O–H groups in total. The van der Waals surface area contributed by atoms with Crippen LogP contribution in [0.3, 0.4) is 0 Å². The van der Waals surface area contributed by atoms with Crippen LogP contribution in [0.5, 0.6) is 0 Å². The highest BCUT2D eigenvalue weighted by Gasteiger charge is 2.32. The molecule has 4 aromatic rings. The van der Waals surface area contributed by atoms with Gasteiger partial charge in [-0.3, -0.25) is 9.89 Å². The highest BCUT2D eigenvalue weighted by molar-refractivity contribution is 5.99. The summed E-state index contributed by atoms with van der Waals surface area (Å²) in [5.41, 5.74) is 10.9. The molecule has 9 nitrogen and oxygen atoms in total. The van der Waals surface area contributed by atoms with Crippen molar-refractivity contribution in [2.24, 2.45) is 0 Å². The average molecular weight is 388 g/mol. The molecule has 29 heavy (non-hydrogen) atoms. The Balaban J connectivity index is 1.39. The Labute approximate surface area is 166 Å². The second kappa shape index (κ2) is 6.69. The van der Waals surface area contributed by atoms with E-state index in [2.05, 4.69) is 25.3 Å². The van der Waals surface area contributed by atoms with Crippen LogP contribution in [0, 0.1) is 6.92 Å². The SMILES string of the molecule is Cc1cnc2c(C(=O)N3CC[C@H](c4[nH]ncc4-c4ccnc(N)c4)C3)cnn2c1. The molecule has 146 valence electrons. The van der Waals surface area contributed by atoms with Crippen molar-refractivity contribution in [2.45, 2.75) is 19.3 Å². The maximum Gasteiger partial charge on any atom is 0.259 e. The molecule has 0 unspecified atom stereocenters. The number of aromatic amines is 1. The van der Waals surface area contributed by atoms with Crippen molar-refractivity contribution in [1.29, 1.82) is 0 Å². The van der Waals surface area contributed by atoms with Gasteiger partial charge in [-0.1, -0.05) is 0 Å². The molecule has 5 rings (SSSR count). The van der Waals surface area contributed by atoms with E-state index in [1.165, 1.54) is 0 Å². The lowest BCUT2D eigenvalue weighted by atomic mass is 9.97. The first kappa shape index (κ1) is 17.4. The number of nitrogens with one attached hydrogen (secondary N) is 1. The van der Waals surface area contributed by atoms with Gasteiger partial charge in [0.1, 0.15) is 11.4 Å². The molecule has 1 amide bonds. The van der Waals surface area contributed by atoms with Crippen molar-refractivity contribution in [3.05, 3.63) is 59.9 Å². The summed E-state index contributed by atoms with van der Waals surface area (Å²) in [5, 5.41) is 11.6. The number of hydrogen-bond donors (Lipinski definition) is 2. The smallest absolute Gasteiger partial charge is 0.259 e. The Hall–Kier alpha value is -3.75. The zero-order valence-electron chi connectivity index (χ0n) is 15.9. The van der Waals surface area contributed by atoms with Crippen LogP contribution in [-0.4, -0.2) is 53.7 Å². The molecule has 9 heteroatoms. The van der Waals surface area contributed by atoms with Gasteiger partial charge >= 0.3 is 0 Å². The molecular formula is C20H20N8O. The van der Waals surface area contributed by atoms with Gasteiger partial charge in [-0.15, -0.1) is 0 Å². The van der Waals surface area contributed by atoms with E-state index in [9.17, 15) is 4.79 Å². The molecule has 1 aliphatic rings. The first-order valence-electron chi connectivity index (χ1n) is 9.44. The van der Waals surface area contributed by atoms with Crippen LogP contribution in [0.1, 0.15) is 34.0 Å². The number of nitrogen functional groups attached to an aromatic ring is 1. The molecule has 4 aromatic heterocycles. The summed E-state index contributed by atoms with van der Waals surface area (Å²) in [6, 6.07) is 3.74. The van der Waals surface area contributed by atoms with Crippen LogP contribution >= 0.6 is 0 Å². The van der Waals surface area contributed by atoms with Crippen LogP contribution in [0.15, 0.2) is 43.1 Å². The van der Waals surface area contributed by atoms with E-state index in [1.807, 2.05) is 30.2 Å². The maximum absolute atomic E-state index is 13.1. The molecule has 0 saturated carbocycles. The Morgan fingerprint density at radius 1 is 1.28 bits per heavy atom. The lowest BCUT2D eigenvalue weighted by Gasteiger charge is -2.16. The molecule has 0 radical (unpaired) electrons. The van der Waals surface area contributed by atoms with Gasteiger partial charge in [0.15, 0.2) is 5.65 Å². The molecule has 1 saturated heterocycles. The summed E-state index contributed by atoms with van der Waals surface area (Å²) in [6.45, 7) is 3.22. The Kier molecular flexibility index (Phi) is 4.01. The van der Waals surface area contributed by atoms with Crippen molar-refractivity contribution in [2.75, 3.05) is 18.8 Å². The number of fused-ring (bicyclic) bond motifs is 1. The molecule has 1 aliphatic heterocycles. The Morgan fingerprint density at radius 2 is 2.17 bits per heavy atom. The maximum atomic E-state index is 13.1. The van der Waals surface area contributed by atoms with Gasteiger partial charge in [0.05, 0.1) is 12.4 Å². The molecule has 0 bridgehead atoms. The number of amides is 1. The van der Waals surface area contributed by atoms with Crippen molar-refractivity contribution < 1.29 is 4.79 Å². The minimum atomic E-state index is -0.0481. The predicted molar refractivity (Wildman–Crippen MR) is 107 cm³/mol. The third-order valence-electron chi connectivity index (χ3n) is 5.36. The minimum absolute atomic E-state index is 0.0481. The fraction of sp³-hybridized carbons (Fsp3) is 0.250. The summed E-state index contributed by atoms with van der Waals surface area (Å²) in [7, 11) is 0. The molecule has 1 fully saturated rings. The fourth-order valence-electron chi connectivity index (χ4n) is 3.92. The van der Waals surface area contributed by atoms with Crippen LogP contribution in [-0.2, 0) is 0 Å². The number of aromatic nitrogens is 6. The summed E-state index contributed by atoms with van der Waals surface area (Å²) in [5.74, 6) is 0.588. The highest BCUT2D eigenvalue weighted by atomic mass is 16.2. The number of nitrogens with zero attached hydrogens (tertiary/aromatic N) is 6. The molecule has 5 heterocycles. The van der Waals surface area contributed by atoms with E-state index in [0.717, 1.165) is 28.8 Å². The van der Waals surface area contributed by atoms with Gasteiger partial charge in [0, 0.05) is 48.9 Å². The van der Waals surface area contributed by atoms with Crippen molar-refractivity contribution >= 4 is 17.4 Å². The topological polar surface area (TPSA) is 118 Å². The first-order valence-corrected chi connectivity index (χ1v) is 9.44. The summed E-state index contributed by atoms with van der Waals surface area (Å²) >= 11 is 0. The lowest BCUT2D eigenvalue weighted by Crippen LogP contribution is -2.28. The fourth-order valence-corrected chi connectivity index (χ4v) is 3.92. The summed E-state index contributed by atoms with van der Waals surface area (Å²) in [4.78, 5) is 23.4. The lowest BCUT2D eigenvalue weighted by molar-refractivity contribution is 0.0792. The zero-order chi connectivity index (χ0) is 20.0. The van der Waals surface area contributed by atoms with Crippen molar-refractivity contribution in [3.63, 3.8) is 0 Å². The number of anilines is 1. The number of carbonyl (C=O) groups excluding carboxylic acids is 1. The van der Waals surface area contributed by atoms with Gasteiger partial charge in [-0.2, -0.15) is 10.2 Å². The number of likely N-dealkylation sites (tertiary alicyclic amines) is 1. The third-order valence-corrected chi connectivity index (χ3v) is 5.36. The van der Waals surface area contributed by atoms with Gasteiger partial charge < -0.3 is 10.6 Å². The van der Waals surface area contributed by atoms with Crippen LogP contribution in [0.4, 0.5) is 5.82 Å². The van der Waals surface area contributed by atoms with E-state index in [0.29, 0.717) is 30.1 Å². The standard InChI is InChI=1S/C20H20N8O/c1-12-7-23-19-16(9-25-28(19)10-12)20(29)27-5-3-14(11-27)18-15(8-24-26-18)13-2-4-22-17(21)6-13/h2,4,6-10,14H,3,5,11H2,1H3,(H2,21,22)(H,24,26)/t14-/m0/s1. The summed E-state index contributed by atoms with van der Waals surface area (Å²) < 4.78 is 1.65. The van der Waals surface area contributed by atoms with Crippen LogP contribution in [0.25, 0.3) is 16.8 Å². The first-order chi connectivity index (χ1) is 14.1. The molecule has 0 aliphatic carbocycles. The zero-order valence-corrected chi connectivity index (χ0v) is 15.9. The van der Waals surface area contributed by atoms with E-state index < -0.39 is 0 Å². The number of H-pyrrole nitrogens is 1. The number of aryl methyl sites for hydroxylation is 1. The normalized spacial score (nSPS) is 16.6. The minimum Gasteiger partial charge on any atom is -0.384 e. The van der Waals surface area contributed by atoms with Crippen LogP contribution < -0.4 is 5.73 Å². The summed E-state index contributed by atoms with van der Waals surface area (Å²) in [6.07, 6.45) is 9.55. The average Bonchev–Trinajstić information content (AvgIpc) is 3.45. The molecule has 0 spiro atoms. The quantitative estimate of drug-likeness (QED) is 0.554. The van der Waals surface area contributed by atoms with E-state index >= 15 is 0 Å². The van der Waals surface area contributed by atoms with E-state index in [-0.39, 0.29) is 11.8 Å². The molecule has 1 atom stereocenters. The van der Waals surface area contributed by atoms with E-state index in [1.54, 1.807) is 29.3 Å². The Bertz CT molecular complexity index is 1210. The second-order valence-electron chi connectivity index (χ2n) is 7.36. The largest absolute Gasteiger partial charge is 0.384 e. The number of rotatable bonds is 3. The Morgan fingerprint density at radius 3 is 3.03 bits per heavy atom. The van der Waals surface area contributed by atoms with Gasteiger partial charge in [-0.05, 0) is 36.6 Å². The number of hydrogen-bond acceptors (Lipinski definition) is 6. The van der Waals surface area contributed by atoms with Gasteiger partial charge in [-0.25, -0.2) is 14.5 Å². The van der Waals surface area contributed by atoms with Crippen molar-refractivity contribution in [3.8, 4) is 11.1 Å². The van der Waals surface area contributed by atoms with Crippen molar-refractivity contribution in [1.82, 2.24) is 34.7 Å². The number of carbonyl (C=O) groups is 1. The molecular weight excluding hydrogens is 368 g/mol. The predicted octanol–water partition coefficient (Wildman–Crippen LogP) is 2.03. The van der Waals surface area contributed by atoms with Crippen LogP contribution in [0.2, 0.25) is 0 Å². The van der Waals surface area contributed by atoms with Gasteiger partial charge in [0.25, 0.3) is 5.91 Å². The number of pyridine rings is 1. The molecule has 0 aromatic carbocycles. The third kappa shape index (κ3) is 3.00. The monoisotopic (exact) mass is 388 g/mol. The van der Waals surface area contributed by atoms with Gasteiger partial charge in [0.2, 0.25) is 0 Å².